The molecule has 2 aromatic carbocycles. The van der Waals surface area contributed by atoms with Gasteiger partial charge in [0.2, 0.25) is 5.95 Å². The first-order valence-electron chi connectivity index (χ1n) is 10.6. The highest BCUT2D eigenvalue weighted by atomic mass is 16.6. The van der Waals surface area contributed by atoms with Crippen molar-refractivity contribution in [3.63, 3.8) is 0 Å². The fourth-order valence-electron chi connectivity index (χ4n) is 3.93. The summed E-state index contributed by atoms with van der Waals surface area (Å²) < 4.78 is 1.56. The zero-order valence-corrected chi connectivity index (χ0v) is 18.4. The van der Waals surface area contributed by atoms with Crippen LogP contribution in [0, 0.1) is 10.1 Å². The third-order valence-corrected chi connectivity index (χ3v) is 5.54. The van der Waals surface area contributed by atoms with Gasteiger partial charge in [-0.25, -0.2) is 4.68 Å². The van der Waals surface area contributed by atoms with Gasteiger partial charge in [-0.1, -0.05) is 24.3 Å². The van der Waals surface area contributed by atoms with Crippen molar-refractivity contribution in [2.75, 3.05) is 10.6 Å². The number of hydrogen-bond acceptors (Lipinski definition) is 8. The van der Waals surface area contributed by atoms with Crippen molar-refractivity contribution < 1.29 is 14.8 Å². The molecule has 0 bridgehead atoms. The number of fused-ring (bicyclic) bond motifs is 1. The smallest absolute Gasteiger partial charge is 0.270 e. The molecule has 11 heteroatoms. The molecule has 0 saturated heterocycles. The molecule has 35 heavy (non-hydrogen) atoms. The lowest BCUT2D eigenvalue weighted by Crippen LogP contribution is -2.31. The fourth-order valence-corrected chi connectivity index (χ4v) is 3.93. The van der Waals surface area contributed by atoms with Crippen LogP contribution in [0.2, 0.25) is 0 Å². The molecule has 4 aromatic rings. The molecule has 0 aliphatic carbocycles. The molecule has 1 aliphatic rings. The van der Waals surface area contributed by atoms with Gasteiger partial charge in [0.1, 0.15) is 11.8 Å². The normalized spacial score (nSPS) is 14.7. The summed E-state index contributed by atoms with van der Waals surface area (Å²) in [5.74, 6) is 0.363. The van der Waals surface area contributed by atoms with Crippen LogP contribution in [0.1, 0.15) is 18.5 Å². The Balaban J connectivity index is 1.60. The second kappa shape index (κ2) is 8.71. The number of nitro benzene ring substituents is 1. The molecule has 5 rings (SSSR count). The lowest BCUT2D eigenvalue weighted by Gasteiger charge is -2.28. The lowest BCUT2D eigenvalue weighted by molar-refractivity contribution is -0.384. The van der Waals surface area contributed by atoms with Crippen LogP contribution in [0.25, 0.3) is 11.4 Å². The number of carbonyl (C=O) groups excluding carboxylic acids is 1. The quantitative estimate of drug-likeness (QED) is 0.295. The van der Waals surface area contributed by atoms with Crippen molar-refractivity contribution in [1.82, 2.24) is 19.7 Å². The summed E-state index contributed by atoms with van der Waals surface area (Å²) in [6.07, 6.45) is 3.15. The number of allylic oxidation sites excluding steroid dienone is 1. The first kappa shape index (κ1) is 21.8. The minimum Gasteiger partial charge on any atom is -0.508 e. The molecule has 2 aromatic heterocycles. The van der Waals surface area contributed by atoms with Crippen molar-refractivity contribution in [3.8, 4) is 17.1 Å². The molecule has 0 radical (unpaired) electrons. The second-order valence-electron chi connectivity index (χ2n) is 7.86. The highest BCUT2D eigenvalue weighted by Gasteiger charge is 2.34. The summed E-state index contributed by atoms with van der Waals surface area (Å²) in [6.45, 7) is 1.76. The number of rotatable bonds is 5. The molecule has 3 heterocycles. The van der Waals surface area contributed by atoms with Gasteiger partial charge >= 0.3 is 0 Å². The van der Waals surface area contributed by atoms with Gasteiger partial charge < -0.3 is 15.7 Å². The molecular formula is C24H19N7O4. The molecule has 0 fully saturated rings. The predicted molar refractivity (Wildman–Crippen MR) is 128 cm³/mol. The van der Waals surface area contributed by atoms with E-state index in [1.54, 1.807) is 60.4 Å². The van der Waals surface area contributed by atoms with Crippen molar-refractivity contribution in [1.29, 1.82) is 0 Å². The Bertz CT molecular complexity index is 1460. The Labute approximate surface area is 198 Å². The number of non-ortho nitro benzene ring substituents is 1. The Hall–Kier alpha value is -5.06. The number of amides is 1. The number of hydrogen-bond donors (Lipinski definition) is 3. The number of phenolic OH excluding ortho intramolecular Hbond substituents is 1. The Kier molecular flexibility index (Phi) is 5.41. The zero-order valence-electron chi connectivity index (χ0n) is 18.4. The van der Waals surface area contributed by atoms with E-state index in [-0.39, 0.29) is 23.2 Å². The average molecular weight is 469 g/mol. The van der Waals surface area contributed by atoms with Crippen molar-refractivity contribution >= 4 is 23.2 Å². The van der Waals surface area contributed by atoms with Crippen LogP contribution in [0.4, 0.5) is 17.3 Å². The number of nitrogens with zero attached hydrogens (tertiary/aromatic N) is 5. The molecular weight excluding hydrogens is 450 g/mol. The standard InChI is InChI=1S/C24H19N7O4/c1-14-20(23(33)27-17-5-3-11-25-13-17)21(15-7-9-19(32)10-8-15)30-24(26-14)28-22(29-30)16-4-2-6-18(12-16)31(34)35/h2-13,21,32H,1H3,(H,27,33)(H,26,28,29). The average Bonchev–Trinajstić information content (AvgIpc) is 3.28. The number of aromatic nitrogens is 4. The van der Waals surface area contributed by atoms with Crippen molar-refractivity contribution in [2.45, 2.75) is 13.0 Å². The van der Waals surface area contributed by atoms with E-state index >= 15 is 0 Å². The molecule has 0 saturated carbocycles. The van der Waals surface area contributed by atoms with E-state index < -0.39 is 11.0 Å². The number of carbonyl (C=O) groups is 1. The van der Waals surface area contributed by atoms with E-state index in [9.17, 15) is 20.0 Å². The maximum Gasteiger partial charge on any atom is 0.270 e. The summed E-state index contributed by atoms with van der Waals surface area (Å²) >= 11 is 0. The van der Waals surface area contributed by atoms with Gasteiger partial charge in [0.05, 0.1) is 22.4 Å². The summed E-state index contributed by atoms with van der Waals surface area (Å²) in [6, 6.07) is 15.3. The highest BCUT2D eigenvalue weighted by Crippen LogP contribution is 2.37. The monoisotopic (exact) mass is 469 g/mol. The summed E-state index contributed by atoms with van der Waals surface area (Å²) in [7, 11) is 0. The van der Waals surface area contributed by atoms with Crippen molar-refractivity contribution in [2.24, 2.45) is 0 Å². The van der Waals surface area contributed by atoms with Crippen LogP contribution in [0.5, 0.6) is 5.75 Å². The van der Waals surface area contributed by atoms with E-state index in [0.717, 1.165) is 0 Å². The number of anilines is 2. The molecule has 0 spiro atoms. The molecule has 3 N–H and O–H groups in total. The van der Waals surface area contributed by atoms with Gasteiger partial charge in [-0.15, -0.1) is 5.10 Å². The Morgan fingerprint density at radius 1 is 1.17 bits per heavy atom. The third kappa shape index (κ3) is 4.17. The van der Waals surface area contributed by atoms with Crippen LogP contribution >= 0.6 is 0 Å². The van der Waals surface area contributed by atoms with E-state index in [1.165, 1.54) is 24.3 Å². The van der Waals surface area contributed by atoms with Gasteiger partial charge in [0.15, 0.2) is 5.82 Å². The zero-order chi connectivity index (χ0) is 24.5. The summed E-state index contributed by atoms with van der Waals surface area (Å²) in [5.41, 5.74) is 2.56. The highest BCUT2D eigenvalue weighted by molar-refractivity contribution is 6.05. The number of nitrogens with one attached hydrogen (secondary N) is 2. The predicted octanol–water partition coefficient (Wildman–Crippen LogP) is 3.88. The molecule has 1 aliphatic heterocycles. The number of benzene rings is 2. The van der Waals surface area contributed by atoms with E-state index in [0.29, 0.717) is 34.0 Å². The number of aromatic hydroxyl groups is 1. The first-order chi connectivity index (χ1) is 16.9. The first-order valence-corrected chi connectivity index (χ1v) is 10.6. The maximum atomic E-state index is 13.4. The Morgan fingerprint density at radius 3 is 2.69 bits per heavy atom. The molecule has 1 atom stereocenters. The van der Waals surface area contributed by atoms with Gasteiger partial charge in [0.25, 0.3) is 11.6 Å². The number of pyridine rings is 1. The second-order valence-corrected chi connectivity index (χ2v) is 7.86. The van der Waals surface area contributed by atoms with Crippen LogP contribution < -0.4 is 10.6 Å². The SMILES string of the molecule is CC1=C(C(=O)Nc2cccnc2)C(c2ccc(O)cc2)n2nc(-c3cccc([N+](=O)[O-])c3)nc2N1. The molecule has 174 valence electrons. The largest absolute Gasteiger partial charge is 0.508 e. The minimum absolute atomic E-state index is 0.0795. The van der Waals surface area contributed by atoms with Crippen LogP contribution in [-0.4, -0.2) is 35.7 Å². The van der Waals surface area contributed by atoms with Crippen LogP contribution in [-0.2, 0) is 4.79 Å². The Morgan fingerprint density at radius 2 is 1.97 bits per heavy atom. The van der Waals surface area contributed by atoms with E-state index in [4.69, 9.17) is 0 Å². The maximum absolute atomic E-state index is 13.4. The minimum atomic E-state index is -0.677. The molecule has 1 amide bonds. The van der Waals surface area contributed by atoms with Crippen LogP contribution in [0.3, 0.4) is 0 Å². The van der Waals surface area contributed by atoms with E-state index in [2.05, 4.69) is 25.7 Å². The van der Waals surface area contributed by atoms with Gasteiger partial charge in [-0.05, 0) is 36.8 Å². The number of phenols is 1. The van der Waals surface area contributed by atoms with Gasteiger partial charge in [0, 0.05) is 29.6 Å². The van der Waals surface area contributed by atoms with Crippen molar-refractivity contribution in [3.05, 3.63) is 100 Å². The van der Waals surface area contributed by atoms with Gasteiger partial charge in [-0.2, -0.15) is 4.98 Å². The number of nitro groups is 1. The lowest BCUT2D eigenvalue weighted by atomic mass is 9.95. The summed E-state index contributed by atoms with van der Waals surface area (Å²) in [4.78, 5) is 32.7. The van der Waals surface area contributed by atoms with Crippen LogP contribution in [0.15, 0.2) is 84.3 Å². The third-order valence-electron chi connectivity index (χ3n) is 5.54. The summed E-state index contributed by atoms with van der Waals surface area (Å²) in [5, 5.41) is 31.6. The van der Waals surface area contributed by atoms with E-state index in [1.807, 2.05) is 0 Å². The fraction of sp³-hybridized carbons (Fsp3) is 0.0833. The topological polar surface area (TPSA) is 148 Å². The molecule has 1 unspecified atom stereocenters. The molecule has 11 nitrogen and oxygen atoms in total. The van der Waals surface area contributed by atoms with Gasteiger partial charge in [-0.3, -0.25) is 19.9 Å².